The van der Waals surface area contributed by atoms with Crippen molar-refractivity contribution in [2.24, 2.45) is 0 Å². The molecule has 0 aliphatic heterocycles. The highest BCUT2D eigenvalue weighted by Gasteiger charge is 2.21. The molecule has 1 atom stereocenters. The van der Waals surface area contributed by atoms with Crippen LogP contribution in [0.3, 0.4) is 0 Å². The van der Waals surface area contributed by atoms with Crippen molar-refractivity contribution in [3.63, 3.8) is 0 Å². The van der Waals surface area contributed by atoms with Crippen LogP contribution < -0.4 is 5.56 Å². The van der Waals surface area contributed by atoms with Crippen LogP contribution in [-0.4, -0.2) is 10.2 Å². The predicted octanol–water partition coefficient (Wildman–Crippen LogP) is 3.85. The lowest BCUT2D eigenvalue weighted by atomic mass is 9.90. The molecule has 0 bridgehead atoms. The summed E-state index contributed by atoms with van der Waals surface area (Å²) in [5.41, 5.74) is 3.56. The molecule has 3 rings (SSSR count). The summed E-state index contributed by atoms with van der Waals surface area (Å²) in [6.07, 6.45) is 4.96. The van der Waals surface area contributed by atoms with Crippen molar-refractivity contribution in [3.05, 3.63) is 62.9 Å². The molecule has 1 unspecified atom stereocenters. The van der Waals surface area contributed by atoms with E-state index in [1.54, 1.807) is 11.8 Å². The molecule has 1 aliphatic rings. The summed E-state index contributed by atoms with van der Waals surface area (Å²) < 4.78 is 0. The highest BCUT2D eigenvalue weighted by atomic mass is 32.2. The second kappa shape index (κ2) is 7.06. The van der Waals surface area contributed by atoms with Gasteiger partial charge >= 0.3 is 0 Å². The van der Waals surface area contributed by atoms with Crippen LogP contribution >= 0.6 is 11.8 Å². The number of nitrogens with one attached hydrogen (secondary N) is 1. The largest absolute Gasteiger partial charge is 0.316 e. The van der Waals surface area contributed by atoms with Gasteiger partial charge in [-0.3, -0.25) is 4.79 Å². The summed E-state index contributed by atoms with van der Waals surface area (Å²) in [4.78, 5) is 15.1. The molecule has 3 nitrogen and oxygen atoms in total. The van der Waals surface area contributed by atoms with Crippen LogP contribution in [-0.2, 0) is 19.3 Å². The van der Waals surface area contributed by atoms with E-state index >= 15 is 0 Å². The third-order valence-electron chi connectivity index (χ3n) is 4.29. The fraction of sp³-hybridized carbons (Fsp3) is 0.368. The molecule has 4 heteroatoms. The zero-order valence-corrected chi connectivity index (χ0v) is 14.1. The zero-order chi connectivity index (χ0) is 16.2. The summed E-state index contributed by atoms with van der Waals surface area (Å²) in [6, 6.07) is 12.5. The normalized spacial score (nSPS) is 14.8. The van der Waals surface area contributed by atoms with E-state index in [0.717, 1.165) is 42.7 Å². The van der Waals surface area contributed by atoms with Gasteiger partial charge in [-0.15, -0.1) is 11.8 Å². The molecule has 118 valence electrons. The Kier molecular flexibility index (Phi) is 4.88. The molecule has 2 aromatic rings. The van der Waals surface area contributed by atoms with Gasteiger partial charge in [0, 0.05) is 5.25 Å². The number of aromatic amines is 1. The molecule has 1 aliphatic carbocycles. The Morgan fingerprint density at radius 1 is 1.22 bits per heavy atom. The third kappa shape index (κ3) is 3.51. The Morgan fingerprint density at radius 2 is 1.91 bits per heavy atom. The number of aromatic nitrogens is 1. The monoisotopic (exact) mass is 324 g/mol. The van der Waals surface area contributed by atoms with Crippen LogP contribution in [0.5, 0.6) is 0 Å². The van der Waals surface area contributed by atoms with Crippen molar-refractivity contribution in [2.45, 2.75) is 49.3 Å². The summed E-state index contributed by atoms with van der Waals surface area (Å²) in [7, 11) is 0. The Hall–Kier alpha value is -1.99. The van der Waals surface area contributed by atoms with Gasteiger partial charge < -0.3 is 4.98 Å². The van der Waals surface area contributed by atoms with Crippen LogP contribution in [0.4, 0.5) is 0 Å². The number of pyridine rings is 1. The van der Waals surface area contributed by atoms with Gasteiger partial charge in [-0.25, -0.2) is 0 Å². The first-order chi connectivity index (χ1) is 11.2. The number of rotatable bonds is 4. The van der Waals surface area contributed by atoms with Crippen molar-refractivity contribution < 1.29 is 0 Å². The molecular formula is C19H20N2OS. The van der Waals surface area contributed by atoms with Gasteiger partial charge in [-0.05, 0) is 48.8 Å². The van der Waals surface area contributed by atoms with E-state index in [1.165, 1.54) is 11.1 Å². The van der Waals surface area contributed by atoms with Crippen LogP contribution in [0.15, 0.2) is 40.2 Å². The number of thioether (sulfide) groups is 1. The number of nitrogens with zero attached hydrogens (tertiary/aromatic N) is 1. The van der Waals surface area contributed by atoms with Crippen molar-refractivity contribution in [3.8, 4) is 6.07 Å². The number of benzene rings is 1. The smallest absolute Gasteiger partial charge is 0.267 e. The quantitative estimate of drug-likeness (QED) is 0.869. The van der Waals surface area contributed by atoms with Crippen LogP contribution in [0.25, 0.3) is 0 Å². The molecule has 0 saturated carbocycles. The Balaban J connectivity index is 1.87. The van der Waals surface area contributed by atoms with Gasteiger partial charge in [0.05, 0.1) is 5.03 Å². The highest BCUT2D eigenvalue weighted by molar-refractivity contribution is 7.99. The van der Waals surface area contributed by atoms with Crippen molar-refractivity contribution in [2.75, 3.05) is 0 Å². The lowest BCUT2D eigenvalue weighted by molar-refractivity contribution is 0.662. The third-order valence-corrected chi connectivity index (χ3v) is 5.45. The minimum Gasteiger partial charge on any atom is -0.316 e. The first-order valence-corrected chi connectivity index (χ1v) is 8.95. The topological polar surface area (TPSA) is 56.6 Å². The predicted molar refractivity (Wildman–Crippen MR) is 93.9 cm³/mol. The van der Waals surface area contributed by atoms with Gasteiger partial charge in [-0.2, -0.15) is 5.26 Å². The fourth-order valence-corrected chi connectivity index (χ4v) is 4.41. The van der Waals surface area contributed by atoms with E-state index in [-0.39, 0.29) is 5.56 Å². The fourth-order valence-electron chi connectivity index (χ4n) is 3.22. The van der Waals surface area contributed by atoms with Gasteiger partial charge in [0.25, 0.3) is 5.56 Å². The van der Waals surface area contributed by atoms with Gasteiger partial charge in [-0.1, -0.05) is 37.3 Å². The first kappa shape index (κ1) is 15.9. The number of hydrogen-bond donors (Lipinski definition) is 1. The molecule has 23 heavy (non-hydrogen) atoms. The van der Waals surface area contributed by atoms with Crippen molar-refractivity contribution >= 4 is 11.8 Å². The van der Waals surface area contributed by atoms with E-state index in [2.05, 4.69) is 42.2 Å². The summed E-state index contributed by atoms with van der Waals surface area (Å²) in [5.74, 6) is 0. The number of hydrogen-bond acceptors (Lipinski definition) is 3. The van der Waals surface area contributed by atoms with Crippen LogP contribution in [0.1, 0.15) is 42.0 Å². The van der Waals surface area contributed by atoms with Crippen LogP contribution in [0.2, 0.25) is 0 Å². The van der Waals surface area contributed by atoms with Gasteiger partial charge in [0.15, 0.2) is 0 Å². The van der Waals surface area contributed by atoms with E-state index in [4.69, 9.17) is 0 Å². The molecule has 1 N–H and O–H groups in total. The van der Waals surface area contributed by atoms with Crippen molar-refractivity contribution in [1.82, 2.24) is 4.98 Å². The molecule has 1 aromatic carbocycles. The minimum atomic E-state index is -0.234. The Labute approximate surface area is 140 Å². The SMILES string of the molecule is CC(Cc1ccccc1)Sc1[nH]c(=O)c(C#N)c2c1CCCC2. The molecule has 1 aromatic heterocycles. The first-order valence-electron chi connectivity index (χ1n) is 8.07. The van der Waals surface area contributed by atoms with E-state index < -0.39 is 0 Å². The molecule has 0 saturated heterocycles. The highest BCUT2D eigenvalue weighted by Crippen LogP contribution is 2.32. The number of H-pyrrole nitrogens is 1. The summed E-state index contributed by atoms with van der Waals surface area (Å²) in [5, 5.41) is 10.6. The Bertz CT molecular complexity index is 789. The summed E-state index contributed by atoms with van der Waals surface area (Å²) >= 11 is 1.72. The van der Waals surface area contributed by atoms with Crippen molar-refractivity contribution in [1.29, 1.82) is 5.26 Å². The standard InChI is InChI=1S/C19H20N2OS/c1-13(11-14-7-3-2-4-8-14)23-19-16-10-6-5-9-15(16)17(12-20)18(22)21-19/h2-4,7-8,13H,5-6,9-11H2,1H3,(H,21,22). The van der Waals surface area contributed by atoms with Gasteiger partial charge in [0.1, 0.15) is 11.6 Å². The average molecular weight is 324 g/mol. The number of nitriles is 1. The lowest BCUT2D eigenvalue weighted by Gasteiger charge is -2.21. The minimum absolute atomic E-state index is 0.234. The van der Waals surface area contributed by atoms with E-state index in [0.29, 0.717) is 10.8 Å². The van der Waals surface area contributed by atoms with Gasteiger partial charge in [0.2, 0.25) is 0 Å². The molecule has 0 amide bonds. The molecular weight excluding hydrogens is 304 g/mol. The Morgan fingerprint density at radius 3 is 2.61 bits per heavy atom. The maximum absolute atomic E-state index is 12.2. The molecule has 0 spiro atoms. The van der Waals surface area contributed by atoms with E-state index in [1.807, 2.05) is 6.07 Å². The maximum Gasteiger partial charge on any atom is 0.267 e. The number of fused-ring (bicyclic) bond motifs is 1. The van der Waals surface area contributed by atoms with Crippen LogP contribution in [0, 0.1) is 11.3 Å². The summed E-state index contributed by atoms with van der Waals surface area (Å²) in [6.45, 7) is 2.18. The van der Waals surface area contributed by atoms with E-state index in [9.17, 15) is 10.1 Å². The lowest BCUT2D eigenvalue weighted by Crippen LogP contribution is -2.20. The molecule has 0 radical (unpaired) electrons. The second-order valence-corrected chi connectivity index (χ2v) is 7.50. The molecule has 0 fully saturated rings. The second-order valence-electron chi connectivity index (χ2n) is 6.05. The average Bonchev–Trinajstić information content (AvgIpc) is 2.56. The maximum atomic E-state index is 12.2. The zero-order valence-electron chi connectivity index (χ0n) is 13.3. The molecule has 1 heterocycles.